The van der Waals surface area contributed by atoms with Crippen LogP contribution < -0.4 is 0 Å². The minimum atomic E-state index is -3.44. The van der Waals surface area contributed by atoms with Gasteiger partial charge in [0.2, 0.25) is 10.0 Å². The van der Waals surface area contributed by atoms with Crippen molar-refractivity contribution in [3.05, 3.63) is 29.3 Å². The molecule has 0 saturated carbocycles. The van der Waals surface area contributed by atoms with Crippen LogP contribution in [0.2, 0.25) is 0 Å². The van der Waals surface area contributed by atoms with Gasteiger partial charge in [0.25, 0.3) is 0 Å². The van der Waals surface area contributed by atoms with Crippen LogP contribution in [0.25, 0.3) is 0 Å². The molecule has 5 heteroatoms. The molecule has 0 radical (unpaired) electrons. The van der Waals surface area contributed by atoms with E-state index in [-0.39, 0.29) is 0 Å². The highest BCUT2D eigenvalue weighted by Crippen LogP contribution is 2.26. The number of rotatable bonds is 2. The number of hydrogen-bond donors (Lipinski definition) is 1. The Morgan fingerprint density at radius 3 is 2.05 bits per heavy atom. The summed E-state index contributed by atoms with van der Waals surface area (Å²) >= 11 is 0. The summed E-state index contributed by atoms with van der Waals surface area (Å²) in [5, 5.41) is 9.90. The van der Waals surface area contributed by atoms with E-state index in [9.17, 15) is 13.5 Å². The smallest absolute Gasteiger partial charge is 0.243 e. The fourth-order valence-corrected chi connectivity index (χ4v) is 4.07. The van der Waals surface area contributed by atoms with Crippen molar-refractivity contribution in [2.45, 2.75) is 44.1 Å². The van der Waals surface area contributed by atoms with Crippen LogP contribution in [0.4, 0.5) is 0 Å². The SMILES string of the molecule is Cc1cc(C)cc(S(=O)(=O)N2CCC(C)(O)CC2)c1. The fraction of sp³-hybridized carbons (Fsp3) is 0.571. The second kappa shape index (κ2) is 4.89. The normalized spacial score (nSPS) is 20.4. The predicted octanol–water partition coefficient (Wildman–Crippen LogP) is 1.84. The molecule has 1 heterocycles. The summed E-state index contributed by atoms with van der Waals surface area (Å²) in [6, 6.07) is 5.37. The van der Waals surface area contributed by atoms with Gasteiger partial charge in [0, 0.05) is 13.1 Å². The first-order valence-corrected chi connectivity index (χ1v) is 7.96. The molecule has 0 atom stereocenters. The maximum absolute atomic E-state index is 12.5. The molecule has 1 fully saturated rings. The zero-order chi connectivity index (χ0) is 14.3. The van der Waals surface area contributed by atoms with Crippen LogP contribution in [0, 0.1) is 13.8 Å². The molecule has 4 nitrogen and oxygen atoms in total. The lowest BCUT2D eigenvalue weighted by atomic mass is 9.95. The van der Waals surface area contributed by atoms with Gasteiger partial charge in [0.1, 0.15) is 0 Å². The standard InChI is InChI=1S/C14H21NO3S/c1-11-8-12(2)10-13(9-11)19(17,18)15-6-4-14(3,16)5-7-15/h8-10,16H,4-7H2,1-3H3. The van der Waals surface area contributed by atoms with Gasteiger partial charge >= 0.3 is 0 Å². The fourth-order valence-electron chi connectivity index (χ4n) is 2.44. The Hall–Kier alpha value is -0.910. The quantitative estimate of drug-likeness (QED) is 0.901. The van der Waals surface area contributed by atoms with Gasteiger partial charge in [-0.15, -0.1) is 0 Å². The third kappa shape index (κ3) is 3.16. The molecule has 106 valence electrons. The molecule has 1 aliphatic rings. The highest BCUT2D eigenvalue weighted by Gasteiger charge is 2.34. The van der Waals surface area contributed by atoms with Crippen LogP contribution in [-0.4, -0.2) is 36.5 Å². The predicted molar refractivity (Wildman–Crippen MR) is 74.5 cm³/mol. The van der Waals surface area contributed by atoms with Gasteiger partial charge in [-0.25, -0.2) is 8.42 Å². The first kappa shape index (κ1) is 14.5. The summed E-state index contributed by atoms with van der Waals surface area (Å²) in [6.07, 6.45) is 0.966. The largest absolute Gasteiger partial charge is 0.390 e. The molecular formula is C14H21NO3S. The first-order valence-electron chi connectivity index (χ1n) is 6.52. The van der Waals surface area contributed by atoms with E-state index in [4.69, 9.17) is 0 Å². The summed E-state index contributed by atoms with van der Waals surface area (Å²) in [5.74, 6) is 0. The maximum Gasteiger partial charge on any atom is 0.243 e. The van der Waals surface area contributed by atoms with E-state index in [1.165, 1.54) is 4.31 Å². The average Bonchev–Trinajstić information content (AvgIpc) is 2.27. The molecule has 2 rings (SSSR count). The van der Waals surface area contributed by atoms with Crippen LogP contribution in [0.5, 0.6) is 0 Å². The molecule has 0 amide bonds. The molecule has 19 heavy (non-hydrogen) atoms. The number of sulfonamides is 1. The lowest BCUT2D eigenvalue weighted by Crippen LogP contribution is -2.45. The Bertz CT molecular complexity index is 548. The summed E-state index contributed by atoms with van der Waals surface area (Å²) in [4.78, 5) is 0.353. The van der Waals surface area contributed by atoms with Crippen molar-refractivity contribution in [2.75, 3.05) is 13.1 Å². The van der Waals surface area contributed by atoms with E-state index < -0.39 is 15.6 Å². The summed E-state index contributed by atoms with van der Waals surface area (Å²) < 4.78 is 26.6. The van der Waals surface area contributed by atoms with E-state index in [2.05, 4.69) is 0 Å². The number of benzene rings is 1. The van der Waals surface area contributed by atoms with E-state index in [1.54, 1.807) is 19.1 Å². The molecule has 1 aromatic rings. The highest BCUT2D eigenvalue weighted by atomic mass is 32.2. The number of aliphatic hydroxyl groups is 1. The third-order valence-electron chi connectivity index (χ3n) is 3.63. The van der Waals surface area contributed by atoms with Crippen molar-refractivity contribution in [2.24, 2.45) is 0 Å². The Morgan fingerprint density at radius 1 is 1.11 bits per heavy atom. The van der Waals surface area contributed by atoms with Crippen LogP contribution in [0.15, 0.2) is 23.1 Å². The molecule has 1 aliphatic heterocycles. The van der Waals surface area contributed by atoms with Gasteiger partial charge < -0.3 is 5.11 Å². The summed E-state index contributed by atoms with van der Waals surface area (Å²) in [7, 11) is -3.44. The van der Waals surface area contributed by atoms with E-state index in [1.807, 2.05) is 19.9 Å². The summed E-state index contributed by atoms with van der Waals surface area (Å²) in [5.41, 5.74) is 1.15. The molecule has 0 spiro atoms. The second-order valence-corrected chi connectivity index (χ2v) is 7.66. The van der Waals surface area contributed by atoms with Crippen molar-refractivity contribution in [3.63, 3.8) is 0 Å². The van der Waals surface area contributed by atoms with Gasteiger partial charge in [0.05, 0.1) is 10.5 Å². The van der Waals surface area contributed by atoms with E-state index in [0.717, 1.165) is 11.1 Å². The van der Waals surface area contributed by atoms with Crippen LogP contribution in [0.1, 0.15) is 30.9 Å². The minimum Gasteiger partial charge on any atom is -0.390 e. The number of aryl methyl sites for hydroxylation is 2. The molecule has 1 aromatic carbocycles. The molecule has 0 bridgehead atoms. The van der Waals surface area contributed by atoms with Crippen molar-refractivity contribution in [1.29, 1.82) is 0 Å². The van der Waals surface area contributed by atoms with Crippen molar-refractivity contribution in [3.8, 4) is 0 Å². The van der Waals surface area contributed by atoms with E-state index >= 15 is 0 Å². The molecule has 1 N–H and O–H groups in total. The lowest BCUT2D eigenvalue weighted by Gasteiger charge is -2.35. The van der Waals surface area contributed by atoms with Gasteiger partial charge in [0.15, 0.2) is 0 Å². The van der Waals surface area contributed by atoms with Crippen molar-refractivity contribution < 1.29 is 13.5 Å². The molecular weight excluding hydrogens is 262 g/mol. The number of nitrogens with zero attached hydrogens (tertiary/aromatic N) is 1. The topological polar surface area (TPSA) is 57.6 Å². The Morgan fingerprint density at radius 2 is 1.58 bits per heavy atom. The molecule has 0 unspecified atom stereocenters. The average molecular weight is 283 g/mol. The second-order valence-electron chi connectivity index (χ2n) is 5.72. The molecule has 0 aromatic heterocycles. The van der Waals surface area contributed by atoms with Crippen molar-refractivity contribution in [1.82, 2.24) is 4.31 Å². The first-order chi connectivity index (χ1) is 8.71. The highest BCUT2D eigenvalue weighted by molar-refractivity contribution is 7.89. The monoisotopic (exact) mass is 283 g/mol. The lowest BCUT2D eigenvalue weighted by molar-refractivity contribution is 0.0126. The maximum atomic E-state index is 12.5. The summed E-state index contributed by atoms with van der Waals surface area (Å²) in [6.45, 7) is 6.30. The van der Waals surface area contributed by atoms with Gasteiger partial charge in [-0.3, -0.25) is 0 Å². The number of hydrogen-bond acceptors (Lipinski definition) is 3. The minimum absolute atomic E-state index is 0.353. The van der Waals surface area contributed by atoms with Gasteiger partial charge in [-0.1, -0.05) is 6.07 Å². The number of piperidine rings is 1. The van der Waals surface area contributed by atoms with Crippen LogP contribution in [-0.2, 0) is 10.0 Å². The third-order valence-corrected chi connectivity index (χ3v) is 5.51. The Kier molecular flexibility index (Phi) is 3.73. The Labute approximate surface area is 115 Å². The van der Waals surface area contributed by atoms with Crippen molar-refractivity contribution >= 4 is 10.0 Å². The van der Waals surface area contributed by atoms with Gasteiger partial charge in [-0.05, 0) is 56.9 Å². The van der Waals surface area contributed by atoms with Gasteiger partial charge in [-0.2, -0.15) is 4.31 Å². The van der Waals surface area contributed by atoms with Crippen LogP contribution >= 0.6 is 0 Å². The van der Waals surface area contributed by atoms with E-state index in [0.29, 0.717) is 30.8 Å². The zero-order valence-electron chi connectivity index (χ0n) is 11.7. The molecule has 0 aliphatic carbocycles. The van der Waals surface area contributed by atoms with Crippen LogP contribution in [0.3, 0.4) is 0 Å². The molecule has 1 saturated heterocycles. The Balaban J connectivity index is 2.28. The zero-order valence-corrected chi connectivity index (χ0v) is 12.5.